The van der Waals surface area contributed by atoms with Crippen LogP contribution in [0.1, 0.15) is 16.7 Å². The van der Waals surface area contributed by atoms with E-state index in [-0.39, 0.29) is 29.5 Å². The van der Waals surface area contributed by atoms with Crippen LogP contribution in [0.3, 0.4) is 0 Å². The van der Waals surface area contributed by atoms with E-state index in [0.29, 0.717) is 12.3 Å². The van der Waals surface area contributed by atoms with Crippen LogP contribution in [0.2, 0.25) is 0 Å². The molecule has 0 saturated carbocycles. The van der Waals surface area contributed by atoms with Gasteiger partial charge in [-0.1, -0.05) is 29.3 Å². The molecule has 0 radical (unpaired) electrons. The minimum absolute atomic E-state index is 0.0490. The molecular formula is C18H26N2O3S2. The van der Waals surface area contributed by atoms with E-state index in [1.807, 2.05) is 11.9 Å². The number of thioether (sulfide) groups is 1. The molecule has 2 saturated heterocycles. The number of fused-ring (bicyclic) bond motifs is 1. The molecule has 2 atom stereocenters. The number of nitrogens with zero attached hydrogens (tertiary/aromatic N) is 2. The van der Waals surface area contributed by atoms with Crippen LogP contribution in [0, 0.1) is 13.8 Å². The third kappa shape index (κ3) is 4.38. The van der Waals surface area contributed by atoms with Crippen molar-refractivity contribution in [2.45, 2.75) is 31.7 Å². The number of hydrogen-bond acceptors (Lipinski definition) is 5. The number of piperazine rings is 1. The summed E-state index contributed by atoms with van der Waals surface area (Å²) < 4.78 is 24.0. The maximum absolute atomic E-state index is 12.7. The largest absolute Gasteiger partial charge is 0.335 e. The van der Waals surface area contributed by atoms with Gasteiger partial charge in [-0.15, -0.1) is 11.8 Å². The highest BCUT2D eigenvalue weighted by Gasteiger charge is 2.46. The van der Waals surface area contributed by atoms with Crippen molar-refractivity contribution in [1.29, 1.82) is 0 Å². The Bertz CT molecular complexity index is 743. The zero-order chi connectivity index (χ0) is 18.2. The first kappa shape index (κ1) is 18.7. The predicted molar refractivity (Wildman–Crippen MR) is 103 cm³/mol. The average molecular weight is 383 g/mol. The normalized spacial score (nSPS) is 25.8. The maximum Gasteiger partial charge on any atom is 0.232 e. The lowest BCUT2D eigenvalue weighted by Crippen LogP contribution is -2.59. The maximum atomic E-state index is 12.7. The summed E-state index contributed by atoms with van der Waals surface area (Å²) in [6, 6.07) is 6.22. The summed E-state index contributed by atoms with van der Waals surface area (Å²) in [5, 5.41) is 0. The van der Waals surface area contributed by atoms with E-state index >= 15 is 0 Å². The summed E-state index contributed by atoms with van der Waals surface area (Å²) in [5.74, 6) is 1.55. The van der Waals surface area contributed by atoms with Gasteiger partial charge in [0.2, 0.25) is 5.91 Å². The molecule has 1 aromatic rings. The van der Waals surface area contributed by atoms with Gasteiger partial charge in [0.05, 0.1) is 23.3 Å². The summed E-state index contributed by atoms with van der Waals surface area (Å²) >= 11 is 1.61. The second-order valence-corrected chi connectivity index (χ2v) is 10.4. The van der Waals surface area contributed by atoms with Gasteiger partial charge < -0.3 is 4.90 Å². The van der Waals surface area contributed by atoms with Crippen molar-refractivity contribution >= 4 is 27.5 Å². The average Bonchev–Trinajstić information content (AvgIpc) is 2.82. The Morgan fingerprint density at radius 3 is 2.44 bits per heavy atom. The Morgan fingerprint density at radius 2 is 1.76 bits per heavy atom. The highest BCUT2D eigenvalue weighted by Crippen LogP contribution is 2.27. The number of carbonyl (C=O) groups is 1. The van der Waals surface area contributed by atoms with E-state index in [0.717, 1.165) is 12.3 Å². The van der Waals surface area contributed by atoms with Crippen molar-refractivity contribution in [3.8, 4) is 0 Å². The third-order valence-electron chi connectivity index (χ3n) is 5.05. The first-order valence-corrected chi connectivity index (χ1v) is 11.6. The van der Waals surface area contributed by atoms with Crippen LogP contribution < -0.4 is 0 Å². The van der Waals surface area contributed by atoms with Crippen LogP contribution in [0.15, 0.2) is 18.2 Å². The van der Waals surface area contributed by atoms with Gasteiger partial charge in [-0.2, -0.15) is 0 Å². The van der Waals surface area contributed by atoms with E-state index in [1.165, 1.54) is 16.7 Å². The van der Waals surface area contributed by atoms with E-state index in [2.05, 4.69) is 36.9 Å². The van der Waals surface area contributed by atoms with Crippen LogP contribution >= 0.6 is 11.8 Å². The molecule has 2 aliphatic heterocycles. The summed E-state index contributed by atoms with van der Waals surface area (Å²) in [5.41, 5.74) is 3.70. The van der Waals surface area contributed by atoms with Crippen molar-refractivity contribution in [3.05, 3.63) is 34.9 Å². The van der Waals surface area contributed by atoms with Gasteiger partial charge in [0.25, 0.3) is 0 Å². The molecule has 1 amide bonds. The van der Waals surface area contributed by atoms with Crippen molar-refractivity contribution in [2.24, 2.45) is 0 Å². The van der Waals surface area contributed by atoms with Crippen LogP contribution in [0.4, 0.5) is 0 Å². The fourth-order valence-electron chi connectivity index (χ4n) is 3.93. The number of likely N-dealkylation sites (N-methyl/N-ethyl adjacent to an activating group) is 1. The van der Waals surface area contributed by atoms with Crippen LogP contribution in [-0.4, -0.2) is 73.6 Å². The molecule has 0 bridgehead atoms. The second kappa shape index (κ2) is 7.29. The number of aryl methyl sites for hydroxylation is 2. The number of benzene rings is 1. The highest BCUT2D eigenvalue weighted by molar-refractivity contribution is 7.99. The Morgan fingerprint density at radius 1 is 1.12 bits per heavy atom. The molecule has 0 N–H and O–H groups in total. The second-order valence-electron chi connectivity index (χ2n) is 7.27. The Balaban J connectivity index is 1.59. The molecular weight excluding hydrogens is 356 g/mol. The third-order valence-corrected chi connectivity index (χ3v) is 7.74. The monoisotopic (exact) mass is 382 g/mol. The van der Waals surface area contributed by atoms with E-state index in [1.54, 1.807) is 11.8 Å². The number of carbonyl (C=O) groups excluding carboxylic acids is 1. The summed E-state index contributed by atoms with van der Waals surface area (Å²) in [6.07, 6.45) is 0. The van der Waals surface area contributed by atoms with Gasteiger partial charge in [0, 0.05) is 24.9 Å². The molecule has 0 spiro atoms. The fourth-order valence-corrected chi connectivity index (χ4v) is 6.83. The van der Waals surface area contributed by atoms with Crippen LogP contribution in [0.5, 0.6) is 0 Å². The molecule has 138 valence electrons. The topological polar surface area (TPSA) is 57.7 Å². The zero-order valence-electron chi connectivity index (χ0n) is 15.1. The molecule has 2 fully saturated rings. The first-order valence-electron chi connectivity index (χ1n) is 8.60. The van der Waals surface area contributed by atoms with E-state index < -0.39 is 9.84 Å². The molecule has 0 aliphatic carbocycles. The van der Waals surface area contributed by atoms with Crippen molar-refractivity contribution in [3.63, 3.8) is 0 Å². The number of rotatable bonds is 4. The smallest absolute Gasteiger partial charge is 0.232 e. The minimum atomic E-state index is -3.04. The van der Waals surface area contributed by atoms with Gasteiger partial charge >= 0.3 is 0 Å². The van der Waals surface area contributed by atoms with Crippen LogP contribution in [-0.2, 0) is 20.4 Å². The quantitative estimate of drug-likeness (QED) is 0.789. The van der Waals surface area contributed by atoms with Crippen molar-refractivity contribution < 1.29 is 13.2 Å². The summed E-state index contributed by atoms with van der Waals surface area (Å²) in [6.45, 7) is 5.52. The lowest BCUT2D eigenvalue weighted by Gasteiger charge is -2.42. The molecule has 5 nitrogen and oxygen atoms in total. The van der Waals surface area contributed by atoms with E-state index in [4.69, 9.17) is 0 Å². The molecule has 25 heavy (non-hydrogen) atoms. The van der Waals surface area contributed by atoms with Crippen LogP contribution in [0.25, 0.3) is 0 Å². The minimum Gasteiger partial charge on any atom is -0.335 e. The molecule has 0 unspecified atom stereocenters. The lowest BCUT2D eigenvalue weighted by atomic mass is 10.1. The fraction of sp³-hybridized carbons (Fsp3) is 0.611. The number of amides is 1. The van der Waals surface area contributed by atoms with Gasteiger partial charge in [-0.3, -0.25) is 9.69 Å². The van der Waals surface area contributed by atoms with E-state index in [9.17, 15) is 13.2 Å². The Kier molecular flexibility index (Phi) is 5.46. The standard InChI is InChI=1S/C18H26N2O3S2/c1-13-6-14(2)8-15(7-13)9-24-10-18(21)20-5-4-19(3)16-11-25(22,23)12-17(16)20/h6-8,16-17H,4-5,9-12H2,1-3H3/t16-,17+/m1/s1. The molecule has 2 heterocycles. The lowest BCUT2D eigenvalue weighted by molar-refractivity contribution is -0.133. The predicted octanol–water partition coefficient (Wildman–Crippen LogP) is 1.48. The number of sulfone groups is 1. The number of hydrogen-bond donors (Lipinski definition) is 0. The van der Waals surface area contributed by atoms with Gasteiger partial charge in [-0.25, -0.2) is 8.42 Å². The van der Waals surface area contributed by atoms with Crippen molar-refractivity contribution in [2.75, 3.05) is 37.4 Å². The molecule has 7 heteroatoms. The summed E-state index contributed by atoms with van der Waals surface area (Å²) in [7, 11) is -1.09. The van der Waals surface area contributed by atoms with Gasteiger partial charge in [-0.05, 0) is 26.5 Å². The molecule has 1 aromatic carbocycles. The molecule has 3 rings (SSSR count). The molecule has 0 aromatic heterocycles. The van der Waals surface area contributed by atoms with Crippen molar-refractivity contribution in [1.82, 2.24) is 9.80 Å². The Hall–Kier alpha value is -1.05. The highest BCUT2D eigenvalue weighted by atomic mass is 32.2. The van der Waals surface area contributed by atoms with Gasteiger partial charge in [0.1, 0.15) is 0 Å². The Labute approximate surface area is 154 Å². The molecule has 2 aliphatic rings. The SMILES string of the molecule is Cc1cc(C)cc(CSCC(=O)N2CCN(C)[C@@H]3CS(=O)(=O)C[C@@H]32)c1. The van der Waals surface area contributed by atoms with Gasteiger partial charge in [0.15, 0.2) is 9.84 Å². The summed E-state index contributed by atoms with van der Waals surface area (Å²) in [4.78, 5) is 16.6. The zero-order valence-corrected chi connectivity index (χ0v) is 16.7. The first-order chi connectivity index (χ1) is 11.7.